The molecule has 8 heteroatoms. The first kappa shape index (κ1) is 18.0. The highest BCUT2D eigenvalue weighted by Crippen LogP contribution is 2.38. The van der Waals surface area contributed by atoms with Crippen LogP contribution in [0.4, 0.5) is 19.3 Å². The molecule has 4 nitrogen and oxygen atoms in total. The summed E-state index contributed by atoms with van der Waals surface area (Å²) in [5, 5.41) is 2.67. The van der Waals surface area contributed by atoms with Gasteiger partial charge in [0.15, 0.2) is 0 Å². The number of benzene rings is 2. The van der Waals surface area contributed by atoms with Crippen molar-refractivity contribution in [3.8, 4) is 5.75 Å². The summed E-state index contributed by atoms with van der Waals surface area (Å²) < 4.78 is 29.9. The lowest BCUT2D eigenvalue weighted by molar-refractivity contribution is -0.0497. The minimum Gasteiger partial charge on any atom is -0.435 e. The molecule has 2 aromatic rings. The van der Waals surface area contributed by atoms with Gasteiger partial charge in [-0.3, -0.25) is 0 Å². The van der Waals surface area contributed by atoms with Crippen LogP contribution in [-0.2, 0) is 0 Å². The number of alkyl halides is 2. The summed E-state index contributed by atoms with van der Waals surface area (Å²) in [5.74, 6) is 0.843. The molecule has 0 aliphatic carbocycles. The second-order valence-corrected chi connectivity index (χ2v) is 7.41. The fourth-order valence-electron chi connectivity index (χ4n) is 2.53. The van der Waals surface area contributed by atoms with E-state index in [-0.39, 0.29) is 17.2 Å². The number of nitrogens with zero attached hydrogens (tertiary/aromatic N) is 1. The van der Waals surface area contributed by atoms with Gasteiger partial charge in [0.2, 0.25) is 0 Å². The van der Waals surface area contributed by atoms with Crippen molar-refractivity contribution in [2.45, 2.75) is 12.0 Å². The Hall–Kier alpha value is -1.80. The van der Waals surface area contributed by atoms with Crippen molar-refractivity contribution in [2.24, 2.45) is 0 Å². The van der Waals surface area contributed by atoms with Crippen molar-refractivity contribution in [1.29, 1.82) is 0 Å². The first-order valence-corrected chi connectivity index (χ1v) is 9.36. The van der Waals surface area contributed by atoms with E-state index in [1.54, 1.807) is 28.8 Å². The third-order valence-corrected chi connectivity index (χ3v) is 5.41. The highest BCUT2D eigenvalue weighted by atomic mass is 79.9. The molecule has 0 aromatic heterocycles. The monoisotopic (exact) mass is 428 g/mol. The third kappa shape index (κ3) is 4.64. The average molecular weight is 429 g/mol. The largest absolute Gasteiger partial charge is 0.435 e. The molecule has 2 amide bonds. The quantitative estimate of drug-likeness (QED) is 0.715. The number of halogens is 3. The number of amides is 2. The summed E-state index contributed by atoms with van der Waals surface area (Å²) in [6.07, 6.45) is 0. The zero-order valence-electron chi connectivity index (χ0n) is 13.0. The Morgan fingerprint density at radius 3 is 2.76 bits per heavy atom. The molecule has 1 unspecified atom stereocenters. The molecule has 1 atom stereocenters. The number of ether oxygens (including phenoxy) is 1. The molecule has 0 spiro atoms. The van der Waals surface area contributed by atoms with Crippen LogP contribution in [0.5, 0.6) is 5.75 Å². The number of hydrogen-bond donors (Lipinski definition) is 1. The van der Waals surface area contributed by atoms with Crippen LogP contribution in [0, 0.1) is 0 Å². The molecule has 0 bridgehead atoms. The number of carbonyl (C=O) groups is 1. The summed E-state index contributed by atoms with van der Waals surface area (Å²) in [6.45, 7) is -2.28. The molecule has 25 heavy (non-hydrogen) atoms. The van der Waals surface area contributed by atoms with Crippen molar-refractivity contribution in [2.75, 3.05) is 17.6 Å². The van der Waals surface area contributed by atoms with E-state index in [0.29, 0.717) is 12.2 Å². The maximum absolute atomic E-state index is 12.6. The van der Waals surface area contributed by atoms with Gasteiger partial charge in [-0.25, -0.2) is 4.79 Å². The number of anilines is 1. The van der Waals surface area contributed by atoms with Crippen molar-refractivity contribution in [3.05, 3.63) is 58.6 Å². The van der Waals surface area contributed by atoms with Gasteiger partial charge < -0.3 is 15.0 Å². The molecule has 132 valence electrons. The Kier molecular flexibility index (Phi) is 5.80. The van der Waals surface area contributed by atoms with E-state index in [4.69, 9.17) is 0 Å². The number of thioether (sulfide) groups is 1. The highest BCUT2D eigenvalue weighted by molar-refractivity contribution is 9.10. The normalized spacial score (nSPS) is 17.0. The topological polar surface area (TPSA) is 41.6 Å². The second-order valence-electron chi connectivity index (χ2n) is 5.30. The van der Waals surface area contributed by atoms with Gasteiger partial charge in [-0.15, -0.1) is 11.8 Å². The molecule has 1 N–H and O–H groups in total. The third-order valence-electron chi connectivity index (χ3n) is 3.62. The molecular formula is C17H15BrF2N2O2S. The first-order valence-electron chi connectivity index (χ1n) is 7.52. The average Bonchev–Trinajstić information content (AvgIpc) is 3.05. The van der Waals surface area contributed by atoms with Gasteiger partial charge in [0.1, 0.15) is 11.1 Å². The van der Waals surface area contributed by atoms with Crippen LogP contribution in [0.15, 0.2) is 53.0 Å². The van der Waals surface area contributed by atoms with Crippen molar-refractivity contribution in [3.63, 3.8) is 0 Å². The first-order chi connectivity index (χ1) is 12.0. The summed E-state index contributed by atoms with van der Waals surface area (Å²) in [4.78, 5) is 14.3. The fourth-order valence-corrected chi connectivity index (χ4v) is 4.05. The molecule has 1 heterocycles. The zero-order valence-corrected chi connectivity index (χ0v) is 15.4. The summed E-state index contributed by atoms with van der Waals surface area (Å²) >= 11 is 5.09. The predicted octanol–water partition coefficient (Wildman–Crippen LogP) is 5.33. The van der Waals surface area contributed by atoms with Crippen LogP contribution in [0.1, 0.15) is 10.9 Å². The standard InChI is InChI=1S/C17H15BrF2N2O2S/c18-12-6-4-11(5-7-12)15-22(8-9-25-15)17(23)21-13-2-1-3-14(10-13)24-16(19)20/h1-7,10,15-16H,8-9H2,(H,21,23). The van der Waals surface area contributed by atoms with Gasteiger partial charge >= 0.3 is 12.6 Å². The second kappa shape index (κ2) is 8.05. The van der Waals surface area contributed by atoms with Gasteiger partial charge in [-0.1, -0.05) is 34.1 Å². The van der Waals surface area contributed by atoms with Crippen LogP contribution < -0.4 is 10.1 Å². The minimum atomic E-state index is -2.90. The van der Waals surface area contributed by atoms with Crippen molar-refractivity contribution in [1.82, 2.24) is 4.90 Å². The molecule has 1 aliphatic rings. The van der Waals surface area contributed by atoms with Gasteiger partial charge in [-0.05, 0) is 29.8 Å². The molecule has 1 fully saturated rings. The van der Waals surface area contributed by atoms with E-state index in [1.807, 2.05) is 24.3 Å². The van der Waals surface area contributed by atoms with Crippen LogP contribution in [-0.4, -0.2) is 29.8 Å². The smallest absolute Gasteiger partial charge is 0.387 e. The minimum absolute atomic E-state index is 0.00746. The van der Waals surface area contributed by atoms with Crippen molar-refractivity contribution >= 4 is 39.4 Å². The fraction of sp³-hybridized carbons (Fsp3) is 0.235. The van der Waals surface area contributed by atoms with E-state index in [9.17, 15) is 13.6 Å². The zero-order chi connectivity index (χ0) is 17.8. The van der Waals surface area contributed by atoms with Crippen molar-refractivity contribution < 1.29 is 18.3 Å². The number of carbonyl (C=O) groups excluding carboxylic acids is 1. The van der Waals surface area contributed by atoms with Crippen LogP contribution >= 0.6 is 27.7 Å². The molecule has 2 aromatic carbocycles. The van der Waals surface area contributed by atoms with Crippen LogP contribution in [0.2, 0.25) is 0 Å². The Morgan fingerprint density at radius 2 is 2.04 bits per heavy atom. The highest BCUT2D eigenvalue weighted by Gasteiger charge is 2.30. The lowest BCUT2D eigenvalue weighted by atomic mass is 10.2. The van der Waals surface area contributed by atoms with Gasteiger partial charge in [0.05, 0.1) is 0 Å². The number of nitrogens with one attached hydrogen (secondary N) is 1. The SMILES string of the molecule is O=C(Nc1cccc(OC(F)F)c1)N1CCSC1c1ccc(Br)cc1. The number of rotatable bonds is 4. The Morgan fingerprint density at radius 1 is 1.28 bits per heavy atom. The summed E-state index contributed by atoms with van der Waals surface area (Å²) in [7, 11) is 0. The lowest BCUT2D eigenvalue weighted by Gasteiger charge is -2.24. The molecule has 1 aliphatic heterocycles. The van der Waals surface area contributed by atoms with E-state index in [1.165, 1.54) is 12.1 Å². The summed E-state index contributed by atoms with van der Waals surface area (Å²) in [5.41, 5.74) is 1.45. The molecule has 0 radical (unpaired) electrons. The Labute approximate surface area is 156 Å². The molecular weight excluding hydrogens is 414 g/mol. The number of urea groups is 1. The predicted molar refractivity (Wildman–Crippen MR) is 98.1 cm³/mol. The van der Waals surface area contributed by atoms with Gasteiger partial charge in [0.25, 0.3) is 0 Å². The maximum Gasteiger partial charge on any atom is 0.387 e. The van der Waals surface area contributed by atoms with E-state index in [2.05, 4.69) is 26.0 Å². The van der Waals surface area contributed by atoms with Gasteiger partial charge in [0, 0.05) is 28.5 Å². The Balaban J connectivity index is 1.71. The maximum atomic E-state index is 12.6. The molecule has 3 rings (SSSR count). The van der Waals surface area contributed by atoms with Crippen LogP contribution in [0.25, 0.3) is 0 Å². The van der Waals surface area contributed by atoms with Gasteiger partial charge in [-0.2, -0.15) is 8.78 Å². The summed E-state index contributed by atoms with van der Waals surface area (Å²) in [6, 6.07) is 13.5. The Bertz CT molecular complexity index is 746. The van der Waals surface area contributed by atoms with E-state index < -0.39 is 6.61 Å². The molecule has 0 saturated carbocycles. The van der Waals surface area contributed by atoms with Crippen LogP contribution in [0.3, 0.4) is 0 Å². The molecule has 1 saturated heterocycles. The van der Waals surface area contributed by atoms with E-state index >= 15 is 0 Å². The van der Waals surface area contributed by atoms with E-state index in [0.717, 1.165) is 15.8 Å². The lowest BCUT2D eigenvalue weighted by Crippen LogP contribution is -2.34. The number of hydrogen-bond acceptors (Lipinski definition) is 3.